The highest BCUT2D eigenvalue weighted by atomic mass is 19.1. The zero-order valence-corrected chi connectivity index (χ0v) is 11.0. The Morgan fingerprint density at radius 3 is 2.63 bits per heavy atom. The standard InChI is InChI=1S/C13H15FN4O/c1-7-11(8(2)18(3)17-7)13(19)16-12-9(14)5-4-6-10(12)15/h4-6H,15H2,1-3H3,(H,16,19). The second-order valence-electron chi connectivity index (χ2n) is 4.33. The first kappa shape index (κ1) is 13.1. The second-order valence-corrected chi connectivity index (χ2v) is 4.33. The maximum atomic E-state index is 13.6. The molecule has 0 radical (unpaired) electrons. The first-order valence-electron chi connectivity index (χ1n) is 5.77. The van der Waals surface area contributed by atoms with Gasteiger partial charge in [-0.05, 0) is 26.0 Å². The number of benzene rings is 1. The minimum absolute atomic E-state index is 0.00449. The average molecular weight is 262 g/mol. The van der Waals surface area contributed by atoms with Crippen molar-refractivity contribution in [1.82, 2.24) is 9.78 Å². The van der Waals surface area contributed by atoms with Gasteiger partial charge in [-0.3, -0.25) is 9.48 Å². The quantitative estimate of drug-likeness (QED) is 0.813. The van der Waals surface area contributed by atoms with E-state index < -0.39 is 11.7 Å². The Hall–Kier alpha value is -2.37. The number of anilines is 2. The highest BCUT2D eigenvalue weighted by Gasteiger charge is 2.19. The number of carbonyl (C=O) groups excluding carboxylic acids is 1. The molecule has 1 aromatic carbocycles. The Kier molecular flexibility index (Phi) is 3.25. The lowest BCUT2D eigenvalue weighted by molar-refractivity contribution is 0.102. The highest BCUT2D eigenvalue weighted by molar-refractivity contribution is 6.07. The molecule has 0 unspecified atom stereocenters. The number of hydrogen-bond donors (Lipinski definition) is 2. The third kappa shape index (κ3) is 2.29. The van der Waals surface area contributed by atoms with E-state index in [0.29, 0.717) is 17.0 Å². The molecule has 0 aliphatic rings. The number of para-hydroxylation sites is 1. The molecule has 0 fully saturated rings. The van der Waals surface area contributed by atoms with Crippen molar-refractivity contribution in [2.24, 2.45) is 7.05 Å². The topological polar surface area (TPSA) is 72.9 Å². The van der Waals surface area contributed by atoms with Crippen molar-refractivity contribution in [3.8, 4) is 0 Å². The molecule has 0 saturated heterocycles. The van der Waals surface area contributed by atoms with Gasteiger partial charge in [-0.1, -0.05) is 6.07 Å². The van der Waals surface area contributed by atoms with Gasteiger partial charge in [-0.25, -0.2) is 4.39 Å². The number of aromatic nitrogens is 2. The molecule has 100 valence electrons. The average Bonchev–Trinajstić information content (AvgIpc) is 2.58. The third-order valence-electron chi connectivity index (χ3n) is 3.02. The first-order chi connectivity index (χ1) is 8.91. The van der Waals surface area contributed by atoms with Crippen LogP contribution in [0.5, 0.6) is 0 Å². The summed E-state index contributed by atoms with van der Waals surface area (Å²) in [6.45, 7) is 3.51. The van der Waals surface area contributed by atoms with E-state index in [4.69, 9.17) is 5.73 Å². The predicted octanol–water partition coefficient (Wildman–Crippen LogP) is 2.01. The number of nitrogen functional groups attached to an aromatic ring is 1. The molecule has 0 saturated carbocycles. The Balaban J connectivity index is 2.36. The van der Waals surface area contributed by atoms with Crippen molar-refractivity contribution in [3.63, 3.8) is 0 Å². The summed E-state index contributed by atoms with van der Waals surface area (Å²) in [5.74, 6) is -0.979. The lowest BCUT2D eigenvalue weighted by Gasteiger charge is -2.09. The maximum Gasteiger partial charge on any atom is 0.259 e. The molecule has 1 heterocycles. The normalized spacial score (nSPS) is 10.5. The first-order valence-corrected chi connectivity index (χ1v) is 5.77. The minimum atomic E-state index is -0.562. The van der Waals surface area contributed by atoms with Gasteiger partial charge in [0.25, 0.3) is 5.91 Å². The summed E-state index contributed by atoms with van der Waals surface area (Å²) in [6, 6.07) is 4.26. The number of nitrogens with two attached hydrogens (primary N) is 1. The van der Waals surface area contributed by atoms with Crippen molar-refractivity contribution in [2.45, 2.75) is 13.8 Å². The largest absolute Gasteiger partial charge is 0.397 e. The summed E-state index contributed by atoms with van der Waals surface area (Å²) >= 11 is 0. The highest BCUT2D eigenvalue weighted by Crippen LogP contribution is 2.23. The lowest BCUT2D eigenvalue weighted by atomic mass is 10.1. The fourth-order valence-electron chi connectivity index (χ4n) is 1.95. The smallest absolute Gasteiger partial charge is 0.259 e. The summed E-state index contributed by atoms with van der Waals surface area (Å²) in [5, 5.41) is 6.65. The van der Waals surface area contributed by atoms with Crippen LogP contribution in [0.3, 0.4) is 0 Å². The van der Waals surface area contributed by atoms with E-state index in [9.17, 15) is 9.18 Å². The van der Waals surface area contributed by atoms with Crippen LogP contribution in [0.4, 0.5) is 15.8 Å². The Labute approximate surface area is 110 Å². The fraction of sp³-hybridized carbons (Fsp3) is 0.231. The molecule has 1 aromatic heterocycles. The third-order valence-corrected chi connectivity index (χ3v) is 3.02. The number of halogens is 1. The monoisotopic (exact) mass is 262 g/mol. The molecule has 0 bridgehead atoms. The van der Waals surface area contributed by atoms with Crippen LogP contribution in [0.15, 0.2) is 18.2 Å². The number of carbonyl (C=O) groups is 1. The molecule has 0 aliphatic heterocycles. The molecule has 1 amide bonds. The van der Waals surface area contributed by atoms with Crippen molar-refractivity contribution in [1.29, 1.82) is 0 Å². The molecular weight excluding hydrogens is 247 g/mol. The number of amides is 1. The van der Waals surface area contributed by atoms with Crippen LogP contribution in [0, 0.1) is 19.7 Å². The van der Waals surface area contributed by atoms with Gasteiger partial charge in [0.2, 0.25) is 0 Å². The summed E-state index contributed by atoms with van der Waals surface area (Å²) in [4.78, 5) is 12.2. The van der Waals surface area contributed by atoms with E-state index in [-0.39, 0.29) is 11.4 Å². The van der Waals surface area contributed by atoms with Gasteiger partial charge in [0.1, 0.15) is 11.5 Å². The van der Waals surface area contributed by atoms with E-state index in [1.165, 1.54) is 18.2 Å². The predicted molar refractivity (Wildman–Crippen MR) is 71.4 cm³/mol. The van der Waals surface area contributed by atoms with Crippen LogP contribution >= 0.6 is 0 Å². The zero-order valence-electron chi connectivity index (χ0n) is 11.0. The van der Waals surface area contributed by atoms with Crippen LogP contribution in [-0.4, -0.2) is 15.7 Å². The molecule has 2 rings (SSSR count). The van der Waals surface area contributed by atoms with E-state index >= 15 is 0 Å². The summed E-state index contributed by atoms with van der Waals surface area (Å²) < 4.78 is 15.2. The Bertz CT molecular complexity index is 628. The van der Waals surface area contributed by atoms with Gasteiger partial charge >= 0.3 is 0 Å². The molecule has 0 spiro atoms. The summed E-state index contributed by atoms with van der Waals surface area (Å²) in [6.07, 6.45) is 0. The van der Waals surface area contributed by atoms with Crippen LogP contribution in [0.25, 0.3) is 0 Å². The van der Waals surface area contributed by atoms with Crippen molar-refractivity contribution >= 4 is 17.3 Å². The molecule has 6 heteroatoms. The van der Waals surface area contributed by atoms with Gasteiger partial charge in [0, 0.05) is 12.7 Å². The summed E-state index contributed by atoms with van der Waals surface area (Å²) in [7, 11) is 1.75. The van der Waals surface area contributed by atoms with Gasteiger partial charge in [0.05, 0.1) is 16.9 Å². The van der Waals surface area contributed by atoms with Crippen molar-refractivity contribution in [2.75, 3.05) is 11.1 Å². The molecule has 5 nitrogen and oxygen atoms in total. The van der Waals surface area contributed by atoms with Crippen LogP contribution in [-0.2, 0) is 7.05 Å². The number of rotatable bonds is 2. The summed E-state index contributed by atoms with van der Waals surface area (Å²) in [5.41, 5.74) is 7.57. The zero-order chi connectivity index (χ0) is 14.2. The van der Waals surface area contributed by atoms with Crippen LogP contribution < -0.4 is 11.1 Å². The molecule has 3 N–H and O–H groups in total. The van der Waals surface area contributed by atoms with E-state index in [1.807, 2.05) is 0 Å². The van der Waals surface area contributed by atoms with E-state index in [2.05, 4.69) is 10.4 Å². The molecule has 2 aromatic rings. The van der Waals surface area contributed by atoms with Crippen LogP contribution in [0.1, 0.15) is 21.7 Å². The number of aryl methyl sites for hydroxylation is 2. The lowest BCUT2D eigenvalue weighted by Crippen LogP contribution is -2.16. The molecule has 0 aliphatic carbocycles. The van der Waals surface area contributed by atoms with Crippen molar-refractivity contribution in [3.05, 3.63) is 41.0 Å². The molecule has 0 atom stereocenters. The number of nitrogens with zero attached hydrogens (tertiary/aromatic N) is 2. The van der Waals surface area contributed by atoms with E-state index in [1.54, 1.807) is 25.6 Å². The van der Waals surface area contributed by atoms with Gasteiger partial charge in [0.15, 0.2) is 0 Å². The van der Waals surface area contributed by atoms with E-state index in [0.717, 1.165) is 0 Å². The van der Waals surface area contributed by atoms with Crippen molar-refractivity contribution < 1.29 is 9.18 Å². The minimum Gasteiger partial charge on any atom is -0.397 e. The van der Waals surface area contributed by atoms with Gasteiger partial charge in [-0.15, -0.1) is 0 Å². The van der Waals surface area contributed by atoms with Gasteiger partial charge < -0.3 is 11.1 Å². The number of hydrogen-bond acceptors (Lipinski definition) is 3. The second kappa shape index (κ2) is 4.72. The maximum absolute atomic E-state index is 13.6. The molecular formula is C13H15FN4O. The number of nitrogens with one attached hydrogen (secondary N) is 1. The Morgan fingerprint density at radius 1 is 1.42 bits per heavy atom. The Morgan fingerprint density at radius 2 is 2.11 bits per heavy atom. The van der Waals surface area contributed by atoms with Crippen LogP contribution in [0.2, 0.25) is 0 Å². The fourth-order valence-corrected chi connectivity index (χ4v) is 1.95. The van der Waals surface area contributed by atoms with Gasteiger partial charge in [-0.2, -0.15) is 5.10 Å². The molecule has 19 heavy (non-hydrogen) atoms. The SMILES string of the molecule is Cc1nn(C)c(C)c1C(=O)Nc1c(N)cccc1F.